The van der Waals surface area contributed by atoms with E-state index in [-0.39, 0.29) is 44.5 Å². The van der Waals surface area contributed by atoms with Crippen LogP contribution in [-0.2, 0) is 43.2 Å². The predicted molar refractivity (Wildman–Crippen MR) is 170 cm³/mol. The molecule has 0 N–H and O–H groups in total. The van der Waals surface area contributed by atoms with Gasteiger partial charge in [0.2, 0.25) is 17.7 Å². The maximum atomic E-state index is 13.9. The van der Waals surface area contributed by atoms with Gasteiger partial charge in [0.15, 0.2) is 0 Å². The number of amides is 3. The first-order chi connectivity index (χ1) is 21.3. The Bertz CT molecular complexity index is 1400. The van der Waals surface area contributed by atoms with Gasteiger partial charge in [-0.25, -0.2) is 0 Å². The van der Waals surface area contributed by atoms with E-state index in [1.54, 1.807) is 37.5 Å². The SMILES string of the molecule is CCOC(=O)CN(CCc1ccc(Cl)cc1)C(=O)CC1C(=O)N(CCc2ccc(OC)cc2)CC(=O)N1CCc1cccs1. The summed E-state index contributed by atoms with van der Waals surface area (Å²) in [6.07, 6.45) is 1.38. The largest absolute Gasteiger partial charge is 0.497 e. The molecule has 2 aromatic carbocycles. The Hall–Kier alpha value is -3.89. The average molecular weight is 640 g/mol. The molecule has 2 heterocycles. The molecule has 4 rings (SSSR count). The lowest BCUT2D eigenvalue weighted by atomic mass is 10.0. The number of benzene rings is 2. The molecule has 234 valence electrons. The van der Waals surface area contributed by atoms with Crippen molar-refractivity contribution in [1.82, 2.24) is 14.7 Å². The average Bonchev–Trinajstić information content (AvgIpc) is 3.55. The highest BCUT2D eigenvalue weighted by Gasteiger charge is 2.41. The zero-order valence-electron chi connectivity index (χ0n) is 25.1. The quantitative estimate of drug-likeness (QED) is 0.231. The van der Waals surface area contributed by atoms with Crippen LogP contribution in [0.3, 0.4) is 0 Å². The summed E-state index contributed by atoms with van der Waals surface area (Å²) in [4.78, 5) is 59.2. The van der Waals surface area contributed by atoms with Crippen molar-refractivity contribution in [1.29, 1.82) is 0 Å². The molecule has 3 aromatic rings. The molecule has 3 amide bonds. The van der Waals surface area contributed by atoms with Crippen LogP contribution in [0.15, 0.2) is 66.0 Å². The van der Waals surface area contributed by atoms with E-state index in [2.05, 4.69) is 0 Å². The minimum atomic E-state index is -0.972. The topological polar surface area (TPSA) is 96.5 Å². The molecule has 44 heavy (non-hydrogen) atoms. The van der Waals surface area contributed by atoms with Gasteiger partial charge in [0.1, 0.15) is 18.3 Å². The van der Waals surface area contributed by atoms with E-state index in [1.165, 1.54) is 14.7 Å². The van der Waals surface area contributed by atoms with Gasteiger partial charge in [-0.3, -0.25) is 19.2 Å². The minimum absolute atomic E-state index is 0.0484. The number of esters is 1. The van der Waals surface area contributed by atoms with Gasteiger partial charge in [0.05, 0.1) is 26.7 Å². The van der Waals surface area contributed by atoms with Gasteiger partial charge >= 0.3 is 5.97 Å². The second-order valence-corrected chi connectivity index (χ2v) is 12.0. The summed E-state index contributed by atoms with van der Waals surface area (Å²) in [5.74, 6) is -0.658. The lowest BCUT2D eigenvalue weighted by Crippen LogP contribution is -2.61. The Morgan fingerprint density at radius 1 is 0.977 bits per heavy atom. The van der Waals surface area contributed by atoms with E-state index < -0.39 is 17.9 Å². The Morgan fingerprint density at radius 3 is 2.34 bits per heavy atom. The lowest BCUT2D eigenvalue weighted by Gasteiger charge is -2.40. The fourth-order valence-corrected chi connectivity index (χ4v) is 5.95. The highest BCUT2D eigenvalue weighted by molar-refractivity contribution is 7.09. The second-order valence-electron chi connectivity index (χ2n) is 10.5. The highest BCUT2D eigenvalue weighted by Crippen LogP contribution is 2.21. The van der Waals surface area contributed by atoms with Gasteiger partial charge in [0, 0.05) is 29.5 Å². The van der Waals surface area contributed by atoms with E-state index in [0.717, 1.165) is 21.8 Å². The summed E-state index contributed by atoms with van der Waals surface area (Å²) in [6.45, 7) is 2.49. The number of rotatable bonds is 15. The summed E-state index contributed by atoms with van der Waals surface area (Å²) in [5.41, 5.74) is 1.95. The van der Waals surface area contributed by atoms with E-state index >= 15 is 0 Å². The molecule has 9 nitrogen and oxygen atoms in total. The van der Waals surface area contributed by atoms with Crippen LogP contribution in [0, 0.1) is 0 Å². The molecule has 1 atom stereocenters. The number of thiophene rings is 1. The summed E-state index contributed by atoms with van der Waals surface area (Å²) in [5, 5.41) is 2.57. The molecule has 1 aliphatic heterocycles. The third-order valence-corrected chi connectivity index (χ3v) is 8.75. The Labute approximate surface area is 267 Å². The first kappa shape index (κ1) is 33.0. The van der Waals surface area contributed by atoms with Gasteiger partial charge in [-0.05, 0) is 73.0 Å². The van der Waals surface area contributed by atoms with Crippen LogP contribution in [0.1, 0.15) is 29.3 Å². The zero-order chi connectivity index (χ0) is 31.5. The van der Waals surface area contributed by atoms with E-state index in [4.69, 9.17) is 21.1 Å². The van der Waals surface area contributed by atoms with Crippen molar-refractivity contribution in [3.8, 4) is 5.75 Å². The Kier molecular flexibility index (Phi) is 12.2. The first-order valence-corrected chi connectivity index (χ1v) is 15.9. The summed E-state index contributed by atoms with van der Waals surface area (Å²) >= 11 is 7.60. The van der Waals surface area contributed by atoms with Crippen LogP contribution in [0.4, 0.5) is 0 Å². The fourth-order valence-electron chi connectivity index (χ4n) is 5.12. The molecule has 1 aromatic heterocycles. The number of ether oxygens (including phenoxy) is 2. The number of piperazine rings is 1. The fraction of sp³-hybridized carbons (Fsp3) is 0.394. The van der Waals surface area contributed by atoms with Crippen molar-refractivity contribution in [2.45, 2.75) is 38.6 Å². The first-order valence-electron chi connectivity index (χ1n) is 14.7. The molecule has 0 spiro atoms. The predicted octanol–water partition coefficient (Wildman–Crippen LogP) is 4.26. The Morgan fingerprint density at radius 2 is 1.68 bits per heavy atom. The molecule has 11 heteroatoms. The molecule has 0 bridgehead atoms. The zero-order valence-corrected chi connectivity index (χ0v) is 26.6. The summed E-state index contributed by atoms with van der Waals surface area (Å²) in [6, 6.07) is 17.8. The van der Waals surface area contributed by atoms with Crippen LogP contribution in [-0.4, -0.2) is 90.9 Å². The number of halogens is 1. The minimum Gasteiger partial charge on any atom is -0.497 e. The van der Waals surface area contributed by atoms with E-state index in [0.29, 0.717) is 37.4 Å². The number of carbonyl (C=O) groups excluding carboxylic acids is 4. The van der Waals surface area contributed by atoms with Crippen molar-refractivity contribution in [3.05, 3.63) is 87.1 Å². The maximum absolute atomic E-state index is 13.9. The molecule has 1 unspecified atom stereocenters. The maximum Gasteiger partial charge on any atom is 0.325 e. The van der Waals surface area contributed by atoms with Crippen molar-refractivity contribution in [2.24, 2.45) is 0 Å². The molecule has 0 aliphatic carbocycles. The Balaban J connectivity index is 1.51. The van der Waals surface area contributed by atoms with Crippen LogP contribution < -0.4 is 4.74 Å². The van der Waals surface area contributed by atoms with Crippen LogP contribution in [0.5, 0.6) is 5.75 Å². The van der Waals surface area contributed by atoms with Crippen molar-refractivity contribution in [2.75, 3.05) is 46.4 Å². The number of hydrogen-bond donors (Lipinski definition) is 0. The third kappa shape index (κ3) is 9.30. The van der Waals surface area contributed by atoms with Gasteiger partial charge in [0.25, 0.3) is 0 Å². The lowest BCUT2D eigenvalue weighted by molar-refractivity contribution is -0.158. The molecule has 1 fully saturated rings. The highest BCUT2D eigenvalue weighted by atomic mass is 35.5. The molecule has 0 saturated carbocycles. The summed E-state index contributed by atoms with van der Waals surface area (Å²) < 4.78 is 10.4. The van der Waals surface area contributed by atoms with Crippen LogP contribution >= 0.6 is 22.9 Å². The van der Waals surface area contributed by atoms with E-state index in [1.807, 2.05) is 53.9 Å². The van der Waals surface area contributed by atoms with Gasteiger partial charge < -0.3 is 24.2 Å². The number of nitrogens with zero attached hydrogens (tertiary/aromatic N) is 3. The van der Waals surface area contributed by atoms with Gasteiger partial charge in [-0.15, -0.1) is 11.3 Å². The molecule has 1 saturated heterocycles. The number of carbonyl (C=O) groups is 4. The smallest absolute Gasteiger partial charge is 0.325 e. The number of hydrogen-bond acceptors (Lipinski definition) is 7. The van der Waals surface area contributed by atoms with Gasteiger partial charge in [-0.2, -0.15) is 0 Å². The monoisotopic (exact) mass is 639 g/mol. The summed E-state index contributed by atoms with van der Waals surface area (Å²) in [7, 11) is 1.60. The normalized spacial score (nSPS) is 14.9. The third-order valence-electron chi connectivity index (χ3n) is 7.56. The van der Waals surface area contributed by atoms with Crippen molar-refractivity contribution >= 4 is 46.6 Å². The van der Waals surface area contributed by atoms with Gasteiger partial charge in [-0.1, -0.05) is 41.9 Å². The molecular formula is C33H38ClN3O6S. The molecular weight excluding hydrogens is 602 g/mol. The van der Waals surface area contributed by atoms with Crippen LogP contribution in [0.25, 0.3) is 0 Å². The standard InChI is InChI=1S/C33H38ClN3O6S/c1-3-43-32(40)23-35(17-14-24-6-10-26(34)11-7-24)30(38)21-29-33(41)36(18-15-25-8-12-27(42-2)13-9-25)22-31(39)37(29)19-16-28-5-4-20-44-28/h4-13,20,29H,3,14-19,21-23H2,1-2H3. The number of methoxy groups -OCH3 is 1. The van der Waals surface area contributed by atoms with Crippen molar-refractivity contribution in [3.63, 3.8) is 0 Å². The second kappa shape index (κ2) is 16.3. The molecule has 0 radical (unpaired) electrons. The van der Waals surface area contributed by atoms with E-state index in [9.17, 15) is 19.2 Å². The van der Waals surface area contributed by atoms with Crippen LogP contribution in [0.2, 0.25) is 5.02 Å². The molecule has 1 aliphatic rings. The van der Waals surface area contributed by atoms with Crippen molar-refractivity contribution < 1.29 is 28.7 Å².